The average molecular weight is 286 g/mol. The Morgan fingerprint density at radius 3 is 2.81 bits per heavy atom. The number of rotatable bonds is 9. The molecule has 0 saturated heterocycles. The highest BCUT2D eigenvalue weighted by Gasteiger charge is 2.02. The molecule has 1 aromatic heterocycles. The van der Waals surface area contributed by atoms with Gasteiger partial charge in [0.15, 0.2) is 0 Å². The lowest BCUT2D eigenvalue weighted by atomic mass is 10.2. The van der Waals surface area contributed by atoms with Crippen LogP contribution in [0.1, 0.15) is 33.1 Å². The predicted octanol–water partition coefficient (Wildman–Crippen LogP) is 4.03. The van der Waals surface area contributed by atoms with Gasteiger partial charge in [-0.3, -0.25) is 4.98 Å². The summed E-state index contributed by atoms with van der Waals surface area (Å²) in [5.41, 5.74) is 0.957. The Bertz CT molecular complexity index is 534. The highest BCUT2D eigenvalue weighted by atomic mass is 16.5. The van der Waals surface area contributed by atoms with Crippen LogP contribution in [0.5, 0.6) is 5.75 Å². The molecule has 0 spiro atoms. The van der Waals surface area contributed by atoms with E-state index in [0.717, 1.165) is 48.7 Å². The van der Waals surface area contributed by atoms with Gasteiger partial charge in [0, 0.05) is 11.6 Å². The van der Waals surface area contributed by atoms with E-state index in [2.05, 4.69) is 36.3 Å². The molecule has 2 rings (SSSR count). The summed E-state index contributed by atoms with van der Waals surface area (Å²) in [6.45, 7) is 7.45. The van der Waals surface area contributed by atoms with Crippen LogP contribution in [0.3, 0.4) is 0 Å². The van der Waals surface area contributed by atoms with Crippen molar-refractivity contribution in [2.24, 2.45) is 5.92 Å². The summed E-state index contributed by atoms with van der Waals surface area (Å²) >= 11 is 0. The molecule has 0 saturated carbocycles. The van der Waals surface area contributed by atoms with Crippen molar-refractivity contribution in [2.75, 3.05) is 19.7 Å². The number of ether oxygens (including phenoxy) is 1. The second-order valence-electron chi connectivity index (χ2n) is 5.84. The largest absolute Gasteiger partial charge is 0.491 e. The molecule has 0 fully saturated rings. The predicted molar refractivity (Wildman–Crippen MR) is 88.8 cm³/mol. The van der Waals surface area contributed by atoms with E-state index in [1.54, 1.807) is 0 Å². The molecule has 0 radical (unpaired) electrons. The van der Waals surface area contributed by atoms with E-state index in [9.17, 15) is 0 Å². The van der Waals surface area contributed by atoms with Gasteiger partial charge in [-0.25, -0.2) is 0 Å². The van der Waals surface area contributed by atoms with Crippen LogP contribution >= 0.6 is 0 Å². The molecule has 3 heteroatoms. The fourth-order valence-electron chi connectivity index (χ4n) is 2.29. The number of fused-ring (bicyclic) bond motifs is 1. The van der Waals surface area contributed by atoms with E-state index in [4.69, 9.17) is 4.74 Å². The molecule has 0 unspecified atom stereocenters. The van der Waals surface area contributed by atoms with Crippen LogP contribution in [0.2, 0.25) is 0 Å². The molecule has 21 heavy (non-hydrogen) atoms. The Hall–Kier alpha value is -1.61. The van der Waals surface area contributed by atoms with Gasteiger partial charge in [-0.2, -0.15) is 0 Å². The van der Waals surface area contributed by atoms with Gasteiger partial charge in [-0.05, 0) is 50.4 Å². The van der Waals surface area contributed by atoms with Crippen LogP contribution in [0.25, 0.3) is 10.9 Å². The van der Waals surface area contributed by atoms with Crippen molar-refractivity contribution in [3.63, 3.8) is 0 Å². The highest BCUT2D eigenvalue weighted by Crippen LogP contribution is 2.23. The Morgan fingerprint density at radius 2 is 1.95 bits per heavy atom. The zero-order valence-electron chi connectivity index (χ0n) is 13.1. The molecule has 1 N–H and O–H groups in total. The van der Waals surface area contributed by atoms with Crippen molar-refractivity contribution >= 4 is 10.9 Å². The van der Waals surface area contributed by atoms with Gasteiger partial charge in [-0.1, -0.05) is 32.0 Å². The molecular weight excluding hydrogens is 260 g/mol. The van der Waals surface area contributed by atoms with Crippen LogP contribution in [0.15, 0.2) is 36.5 Å². The van der Waals surface area contributed by atoms with Crippen molar-refractivity contribution in [3.8, 4) is 5.75 Å². The van der Waals surface area contributed by atoms with E-state index in [1.807, 2.05) is 24.4 Å². The summed E-state index contributed by atoms with van der Waals surface area (Å²) in [6.07, 6.45) is 5.31. The van der Waals surface area contributed by atoms with E-state index in [-0.39, 0.29) is 0 Å². The van der Waals surface area contributed by atoms with Gasteiger partial charge in [0.2, 0.25) is 0 Å². The second-order valence-corrected chi connectivity index (χ2v) is 5.84. The third kappa shape index (κ3) is 5.35. The van der Waals surface area contributed by atoms with Crippen LogP contribution in [-0.2, 0) is 0 Å². The summed E-state index contributed by atoms with van der Waals surface area (Å²) < 4.78 is 5.88. The van der Waals surface area contributed by atoms with Gasteiger partial charge < -0.3 is 10.1 Å². The maximum absolute atomic E-state index is 5.88. The molecule has 0 atom stereocenters. The first-order valence-corrected chi connectivity index (χ1v) is 7.94. The molecule has 1 aromatic carbocycles. The zero-order valence-corrected chi connectivity index (χ0v) is 13.1. The average Bonchev–Trinajstić information content (AvgIpc) is 2.50. The summed E-state index contributed by atoms with van der Waals surface area (Å²) in [5.74, 6) is 1.62. The highest BCUT2D eigenvalue weighted by molar-refractivity contribution is 5.84. The SMILES string of the molecule is CC(C)CNCCCCCOc1cccc2cccnc12. The first-order chi connectivity index (χ1) is 10.3. The van der Waals surface area contributed by atoms with E-state index >= 15 is 0 Å². The van der Waals surface area contributed by atoms with Gasteiger partial charge in [0.25, 0.3) is 0 Å². The maximum atomic E-state index is 5.88. The van der Waals surface area contributed by atoms with Gasteiger partial charge >= 0.3 is 0 Å². The number of pyridine rings is 1. The molecule has 0 aliphatic heterocycles. The quantitative estimate of drug-likeness (QED) is 0.707. The van der Waals surface area contributed by atoms with Gasteiger partial charge in [-0.15, -0.1) is 0 Å². The third-order valence-electron chi connectivity index (χ3n) is 3.40. The van der Waals surface area contributed by atoms with Crippen LogP contribution in [-0.4, -0.2) is 24.7 Å². The standard InChI is InChI=1S/C18H26N2O/c1-15(2)14-19-11-4-3-5-13-21-17-10-6-8-16-9-7-12-20-18(16)17/h6-10,12,15,19H,3-5,11,13-14H2,1-2H3. The van der Waals surface area contributed by atoms with E-state index in [0.29, 0.717) is 0 Å². The second kappa shape index (κ2) is 8.63. The van der Waals surface area contributed by atoms with Crippen LogP contribution < -0.4 is 10.1 Å². The lowest BCUT2D eigenvalue weighted by Crippen LogP contribution is -2.20. The van der Waals surface area contributed by atoms with Crippen molar-refractivity contribution in [1.82, 2.24) is 10.3 Å². The monoisotopic (exact) mass is 286 g/mol. The van der Waals surface area contributed by atoms with Crippen LogP contribution in [0, 0.1) is 5.92 Å². The van der Waals surface area contributed by atoms with Gasteiger partial charge in [0.05, 0.1) is 6.61 Å². The first-order valence-electron chi connectivity index (χ1n) is 7.94. The summed E-state index contributed by atoms with van der Waals surface area (Å²) in [4.78, 5) is 4.40. The smallest absolute Gasteiger partial charge is 0.145 e. The number of nitrogens with zero attached hydrogens (tertiary/aromatic N) is 1. The Balaban J connectivity index is 1.66. The maximum Gasteiger partial charge on any atom is 0.145 e. The number of unbranched alkanes of at least 4 members (excludes halogenated alkanes) is 2. The number of aromatic nitrogens is 1. The minimum Gasteiger partial charge on any atom is -0.491 e. The number of hydrogen-bond acceptors (Lipinski definition) is 3. The minimum absolute atomic E-state index is 0.729. The number of nitrogens with one attached hydrogen (secondary N) is 1. The van der Waals surface area contributed by atoms with Crippen molar-refractivity contribution < 1.29 is 4.74 Å². The molecule has 2 aromatic rings. The number of para-hydroxylation sites is 1. The summed E-state index contributed by atoms with van der Waals surface area (Å²) in [5, 5.41) is 4.60. The molecule has 0 amide bonds. The molecule has 0 aliphatic rings. The van der Waals surface area contributed by atoms with Crippen molar-refractivity contribution in [2.45, 2.75) is 33.1 Å². The summed E-state index contributed by atoms with van der Waals surface area (Å²) in [6, 6.07) is 10.1. The molecular formula is C18H26N2O. The van der Waals surface area contributed by atoms with Crippen molar-refractivity contribution in [1.29, 1.82) is 0 Å². The molecule has 0 bridgehead atoms. The Morgan fingerprint density at radius 1 is 1.10 bits per heavy atom. The van der Waals surface area contributed by atoms with Gasteiger partial charge in [0.1, 0.15) is 11.3 Å². The normalized spacial score (nSPS) is 11.2. The Labute approximate surface area is 127 Å². The third-order valence-corrected chi connectivity index (χ3v) is 3.40. The topological polar surface area (TPSA) is 34.1 Å². The lowest BCUT2D eigenvalue weighted by Gasteiger charge is -2.09. The molecule has 3 nitrogen and oxygen atoms in total. The number of hydrogen-bond donors (Lipinski definition) is 1. The Kier molecular flexibility index (Phi) is 6.48. The molecule has 114 valence electrons. The van der Waals surface area contributed by atoms with E-state index in [1.165, 1.54) is 12.8 Å². The molecule has 1 heterocycles. The van der Waals surface area contributed by atoms with Crippen LogP contribution in [0.4, 0.5) is 0 Å². The fourth-order valence-corrected chi connectivity index (χ4v) is 2.29. The number of benzene rings is 1. The first kappa shape index (κ1) is 15.8. The van der Waals surface area contributed by atoms with E-state index < -0.39 is 0 Å². The van der Waals surface area contributed by atoms with Crippen molar-refractivity contribution in [3.05, 3.63) is 36.5 Å². The zero-order chi connectivity index (χ0) is 14.9. The molecule has 0 aliphatic carbocycles. The lowest BCUT2D eigenvalue weighted by molar-refractivity contribution is 0.307. The minimum atomic E-state index is 0.729. The summed E-state index contributed by atoms with van der Waals surface area (Å²) in [7, 11) is 0. The fraction of sp³-hybridized carbons (Fsp3) is 0.500.